The molecule has 27 heavy (non-hydrogen) atoms. The molecule has 0 saturated carbocycles. The van der Waals surface area contributed by atoms with Crippen molar-refractivity contribution in [3.8, 4) is 10.4 Å². The molecule has 3 rings (SSSR count). The van der Waals surface area contributed by atoms with Gasteiger partial charge in [0, 0.05) is 4.88 Å². The fraction of sp³-hybridized carbons (Fsp3) is 0.150. The minimum atomic E-state index is -3.67. The predicted octanol–water partition coefficient (Wildman–Crippen LogP) is 3.89. The Labute approximate surface area is 161 Å². The maximum atomic E-state index is 12.8. The summed E-state index contributed by atoms with van der Waals surface area (Å²) in [5, 5.41) is 18.6. The number of benzene rings is 2. The van der Waals surface area contributed by atoms with Crippen LogP contribution in [0.2, 0.25) is 0 Å². The summed E-state index contributed by atoms with van der Waals surface area (Å²) in [5.41, 5.74) is 2.43. The summed E-state index contributed by atoms with van der Waals surface area (Å²) in [6.45, 7) is 1.64. The summed E-state index contributed by atoms with van der Waals surface area (Å²) in [5.74, 6) is -1.52. The number of aliphatic hydroxyl groups excluding tert-OH is 1. The van der Waals surface area contributed by atoms with Crippen molar-refractivity contribution in [2.24, 2.45) is 0 Å². The zero-order chi connectivity index (χ0) is 19.6. The number of hydrogen-bond donors (Lipinski definition) is 2. The van der Waals surface area contributed by atoms with Gasteiger partial charge in [-0.1, -0.05) is 42.5 Å². The number of aryl methyl sites for hydroxylation is 1. The van der Waals surface area contributed by atoms with Gasteiger partial charge in [0.05, 0.1) is 17.3 Å². The first-order valence-electron chi connectivity index (χ1n) is 8.16. The fourth-order valence-corrected chi connectivity index (χ4v) is 5.57. The van der Waals surface area contributed by atoms with E-state index in [-0.39, 0.29) is 27.7 Å². The molecule has 1 heterocycles. The molecule has 0 aliphatic rings. The van der Waals surface area contributed by atoms with Crippen LogP contribution in [0.5, 0.6) is 0 Å². The van der Waals surface area contributed by atoms with E-state index in [1.165, 1.54) is 6.07 Å². The van der Waals surface area contributed by atoms with Crippen LogP contribution >= 0.6 is 11.3 Å². The summed E-state index contributed by atoms with van der Waals surface area (Å²) in [6.07, 6.45) is 0. The molecular weight excluding hydrogens is 384 g/mol. The van der Waals surface area contributed by atoms with Crippen LogP contribution in [0.15, 0.2) is 59.5 Å². The predicted molar refractivity (Wildman–Crippen MR) is 105 cm³/mol. The van der Waals surface area contributed by atoms with Crippen LogP contribution in [0.3, 0.4) is 0 Å². The summed E-state index contributed by atoms with van der Waals surface area (Å²) in [4.78, 5) is 12.5. The molecule has 140 valence electrons. The molecular formula is C20H18O5S2. The molecule has 0 saturated heterocycles. The molecule has 0 unspecified atom stereocenters. The summed E-state index contributed by atoms with van der Waals surface area (Å²) in [7, 11) is -3.67. The monoisotopic (exact) mass is 402 g/mol. The Kier molecular flexibility index (Phi) is 5.46. The Bertz CT molecular complexity index is 1080. The van der Waals surface area contributed by atoms with Gasteiger partial charge in [-0.2, -0.15) is 0 Å². The van der Waals surface area contributed by atoms with Gasteiger partial charge < -0.3 is 10.2 Å². The summed E-state index contributed by atoms with van der Waals surface area (Å²) >= 11 is 1.05. The molecule has 0 spiro atoms. The van der Waals surface area contributed by atoms with Crippen molar-refractivity contribution in [3.05, 3.63) is 76.2 Å². The number of rotatable bonds is 6. The van der Waals surface area contributed by atoms with Crippen molar-refractivity contribution in [2.75, 3.05) is 0 Å². The van der Waals surface area contributed by atoms with Gasteiger partial charge in [-0.05, 0) is 41.3 Å². The maximum absolute atomic E-state index is 12.8. The van der Waals surface area contributed by atoms with Crippen molar-refractivity contribution in [1.82, 2.24) is 0 Å². The molecule has 0 radical (unpaired) electrons. The molecule has 0 aliphatic carbocycles. The molecule has 3 aromatic rings. The SMILES string of the molecule is Cc1ccccc1S(=O)(=O)Cc1cc(-c2ccc(CO)cc2)sc1C(=O)O. The molecule has 2 aromatic carbocycles. The minimum absolute atomic E-state index is 0.0217. The Morgan fingerprint density at radius 3 is 2.33 bits per heavy atom. The Balaban J connectivity index is 2.01. The zero-order valence-corrected chi connectivity index (χ0v) is 16.2. The Morgan fingerprint density at radius 2 is 1.74 bits per heavy atom. The van der Waals surface area contributed by atoms with Crippen LogP contribution < -0.4 is 0 Å². The molecule has 0 fully saturated rings. The van der Waals surface area contributed by atoms with Gasteiger partial charge in [-0.25, -0.2) is 13.2 Å². The van der Waals surface area contributed by atoms with Crippen molar-refractivity contribution < 1.29 is 23.4 Å². The van der Waals surface area contributed by atoms with Crippen molar-refractivity contribution >= 4 is 27.1 Å². The second-order valence-corrected chi connectivity index (χ2v) is 9.16. The van der Waals surface area contributed by atoms with E-state index in [0.29, 0.717) is 10.4 Å². The lowest BCUT2D eigenvalue weighted by molar-refractivity contribution is 0.0701. The summed E-state index contributed by atoms with van der Waals surface area (Å²) in [6, 6.07) is 15.3. The smallest absolute Gasteiger partial charge is 0.346 e. The van der Waals surface area contributed by atoms with E-state index in [4.69, 9.17) is 5.11 Å². The molecule has 0 aliphatic heterocycles. The third kappa shape index (κ3) is 4.10. The molecule has 0 bridgehead atoms. The van der Waals surface area contributed by atoms with E-state index < -0.39 is 15.8 Å². The standard InChI is InChI=1S/C20H18O5S2/c1-13-4-2-3-5-18(13)27(24,25)12-16-10-17(26-19(16)20(22)23)15-8-6-14(11-21)7-9-15/h2-10,21H,11-12H2,1H3,(H,22,23). The van der Waals surface area contributed by atoms with E-state index in [9.17, 15) is 18.3 Å². The Hall–Kier alpha value is -2.48. The number of aliphatic hydroxyl groups is 1. The molecule has 2 N–H and O–H groups in total. The van der Waals surface area contributed by atoms with Crippen molar-refractivity contribution in [3.63, 3.8) is 0 Å². The van der Waals surface area contributed by atoms with Crippen LogP contribution in [0.1, 0.15) is 26.4 Å². The first-order valence-corrected chi connectivity index (χ1v) is 10.6. The van der Waals surface area contributed by atoms with Gasteiger partial charge >= 0.3 is 5.97 Å². The van der Waals surface area contributed by atoms with E-state index in [1.807, 2.05) is 0 Å². The molecule has 1 aromatic heterocycles. The highest BCUT2D eigenvalue weighted by Gasteiger charge is 2.24. The lowest BCUT2D eigenvalue weighted by Gasteiger charge is -2.07. The second kappa shape index (κ2) is 7.64. The highest BCUT2D eigenvalue weighted by atomic mass is 32.2. The largest absolute Gasteiger partial charge is 0.477 e. The van der Waals surface area contributed by atoms with Gasteiger partial charge in [0.2, 0.25) is 0 Å². The first kappa shape index (κ1) is 19.3. The topological polar surface area (TPSA) is 91.7 Å². The number of thiophene rings is 1. The minimum Gasteiger partial charge on any atom is -0.477 e. The second-order valence-electron chi connectivity index (χ2n) is 6.15. The van der Waals surface area contributed by atoms with Crippen LogP contribution in [-0.2, 0) is 22.2 Å². The lowest BCUT2D eigenvalue weighted by atomic mass is 10.1. The number of sulfone groups is 1. The van der Waals surface area contributed by atoms with E-state index >= 15 is 0 Å². The third-order valence-electron chi connectivity index (χ3n) is 4.20. The highest BCUT2D eigenvalue weighted by molar-refractivity contribution is 7.90. The van der Waals surface area contributed by atoms with Gasteiger partial charge in [-0.3, -0.25) is 0 Å². The number of aromatic carboxylic acids is 1. The van der Waals surface area contributed by atoms with E-state index in [2.05, 4.69) is 0 Å². The molecule has 0 atom stereocenters. The van der Waals surface area contributed by atoms with Gasteiger partial charge in [0.25, 0.3) is 0 Å². The average Bonchev–Trinajstić information content (AvgIpc) is 3.05. The number of carboxylic acid groups (broad SMARTS) is 1. The number of carbonyl (C=O) groups is 1. The highest BCUT2D eigenvalue weighted by Crippen LogP contribution is 2.34. The van der Waals surface area contributed by atoms with Crippen LogP contribution in [-0.4, -0.2) is 24.6 Å². The van der Waals surface area contributed by atoms with Crippen molar-refractivity contribution in [1.29, 1.82) is 0 Å². The third-order valence-corrected chi connectivity index (χ3v) is 7.23. The lowest BCUT2D eigenvalue weighted by Crippen LogP contribution is -2.08. The zero-order valence-electron chi connectivity index (χ0n) is 14.5. The Morgan fingerprint density at radius 1 is 1.07 bits per heavy atom. The normalized spacial score (nSPS) is 11.5. The molecule has 5 nitrogen and oxygen atoms in total. The quantitative estimate of drug-likeness (QED) is 0.653. The molecule has 7 heteroatoms. The van der Waals surface area contributed by atoms with E-state index in [1.54, 1.807) is 55.5 Å². The van der Waals surface area contributed by atoms with Gasteiger partial charge in [-0.15, -0.1) is 11.3 Å². The van der Waals surface area contributed by atoms with E-state index in [0.717, 1.165) is 22.5 Å². The van der Waals surface area contributed by atoms with Gasteiger partial charge in [0.1, 0.15) is 4.88 Å². The molecule has 0 amide bonds. The number of carboxylic acids is 1. The summed E-state index contributed by atoms with van der Waals surface area (Å²) < 4.78 is 25.6. The average molecular weight is 402 g/mol. The van der Waals surface area contributed by atoms with Crippen LogP contribution in [0, 0.1) is 6.92 Å². The van der Waals surface area contributed by atoms with Gasteiger partial charge in [0.15, 0.2) is 9.84 Å². The fourth-order valence-electron chi connectivity index (χ4n) is 2.82. The maximum Gasteiger partial charge on any atom is 0.346 e. The van der Waals surface area contributed by atoms with Crippen molar-refractivity contribution in [2.45, 2.75) is 24.2 Å². The first-order chi connectivity index (χ1) is 12.8. The van der Waals surface area contributed by atoms with Crippen LogP contribution in [0.25, 0.3) is 10.4 Å². The van der Waals surface area contributed by atoms with Crippen LogP contribution in [0.4, 0.5) is 0 Å². The number of hydrogen-bond acceptors (Lipinski definition) is 5.